The number of carboxylic acids is 1. The summed E-state index contributed by atoms with van der Waals surface area (Å²) in [6, 6.07) is 3.67. The van der Waals surface area contributed by atoms with Crippen molar-refractivity contribution in [3.63, 3.8) is 0 Å². The zero-order chi connectivity index (χ0) is 18.1. The second-order valence-corrected chi connectivity index (χ2v) is 7.06. The van der Waals surface area contributed by atoms with Crippen LogP contribution >= 0.6 is 0 Å². The van der Waals surface area contributed by atoms with E-state index in [0.717, 1.165) is 18.7 Å². The second-order valence-electron chi connectivity index (χ2n) is 7.06. The van der Waals surface area contributed by atoms with Crippen LogP contribution in [0.25, 0.3) is 5.65 Å². The first-order chi connectivity index (χ1) is 12.6. The van der Waals surface area contributed by atoms with E-state index in [2.05, 4.69) is 30.8 Å². The van der Waals surface area contributed by atoms with E-state index in [1.807, 2.05) is 6.07 Å². The van der Waals surface area contributed by atoms with E-state index in [0.29, 0.717) is 44.4 Å². The van der Waals surface area contributed by atoms with Gasteiger partial charge in [-0.2, -0.15) is 0 Å². The monoisotopic (exact) mass is 359 g/mol. The zero-order valence-electron chi connectivity index (χ0n) is 14.3. The summed E-state index contributed by atoms with van der Waals surface area (Å²) in [5.41, 5.74) is -0.487. The highest BCUT2D eigenvalue weighted by atomic mass is 16.4. The number of nitrogens with zero attached hydrogens (tertiary/aromatic N) is 6. The number of carbonyl (C=O) groups excluding carboxylic acids is 1. The first-order valence-electron chi connectivity index (χ1n) is 8.93. The van der Waals surface area contributed by atoms with Gasteiger partial charge in [-0.25, -0.2) is 4.79 Å². The fourth-order valence-electron chi connectivity index (χ4n) is 3.89. The van der Waals surface area contributed by atoms with Gasteiger partial charge in [0, 0.05) is 19.0 Å². The molecular weight excluding hydrogens is 338 g/mol. The van der Waals surface area contributed by atoms with E-state index in [4.69, 9.17) is 0 Å². The largest absolute Gasteiger partial charge is 0.480 e. The third-order valence-electron chi connectivity index (χ3n) is 5.47. The SMILES string of the molecule is O=C(NC1(C(=O)O)CCCC1)C1CCN(c2ccc3nnnn3n2)CC1. The molecule has 0 unspecified atom stereocenters. The van der Waals surface area contributed by atoms with Crippen LogP contribution in [0.4, 0.5) is 5.82 Å². The molecule has 4 rings (SSSR count). The van der Waals surface area contributed by atoms with E-state index >= 15 is 0 Å². The van der Waals surface area contributed by atoms with Crippen LogP contribution in [0, 0.1) is 5.92 Å². The number of piperidine rings is 1. The lowest BCUT2D eigenvalue weighted by molar-refractivity contribution is -0.148. The van der Waals surface area contributed by atoms with Gasteiger partial charge in [-0.3, -0.25) is 4.79 Å². The summed E-state index contributed by atoms with van der Waals surface area (Å²) in [4.78, 5) is 26.3. The number of hydrogen-bond donors (Lipinski definition) is 2. The molecule has 26 heavy (non-hydrogen) atoms. The van der Waals surface area contributed by atoms with E-state index < -0.39 is 11.5 Å². The molecule has 1 aliphatic heterocycles. The van der Waals surface area contributed by atoms with Gasteiger partial charge in [0.2, 0.25) is 5.91 Å². The Morgan fingerprint density at radius 1 is 1.19 bits per heavy atom. The number of nitrogens with one attached hydrogen (secondary N) is 1. The number of hydrogen-bond acceptors (Lipinski definition) is 7. The molecule has 2 aliphatic rings. The predicted octanol–water partition coefficient (Wildman–Crippen LogP) is 0.249. The van der Waals surface area contributed by atoms with Crippen molar-refractivity contribution in [3.8, 4) is 0 Å². The molecule has 2 aromatic heterocycles. The van der Waals surface area contributed by atoms with E-state index in [-0.39, 0.29) is 11.8 Å². The topological polar surface area (TPSA) is 126 Å². The van der Waals surface area contributed by atoms with Gasteiger partial charge in [0.15, 0.2) is 11.5 Å². The number of carbonyl (C=O) groups is 2. The van der Waals surface area contributed by atoms with Gasteiger partial charge in [-0.1, -0.05) is 12.8 Å². The normalized spacial score (nSPS) is 20.4. The third-order valence-corrected chi connectivity index (χ3v) is 5.47. The molecule has 0 bridgehead atoms. The highest BCUT2D eigenvalue weighted by molar-refractivity contribution is 5.88. The van der Waals surface area contributed by atoms with Crippen molar-refractivity contribution in [3.05, 3.63) is 12.1 Å². The fraction of sp³-hybridized carbons (Fsp3) is 0.625. The molecule has 2 N–H and O–H groups in total. The van der Waals surface area contributed by atoms with E-state index in [1.165, 1.54) is 4.63 Å². The molecule has 1 saturated carbocycles. The summed E-state index contributed by atoms with van der Waals surface area (Å²) in [5.74, 6) is -0.459. The average Bonchev–Trinajstić information content (AvgIpc) is 3.31. The molecule has 3 heterocycles. The van der Waals surface area contributed by atoms with E-state index in [1.54, 1.807) is 6.07 Å². The number of anilines is 1. The van der Waals surface area contributed by atoms with Crippen LogP contribution in [0.1, 0.15) is 38.5 Å². The van der Waals surface area contributed by atoms with Crippen LogP contribution in [0.2, 0.25) is 0 Å². The second kappa shape index (κ2) is 6.50. The Hall–Kier alpha value is -2.78. The van der Waals surface area contributed by atoms with Crippen molar-refractivity contribution >= 4 is 23.3 Å². The number of fused-ring (bicyclic) bond motifs is 1. The quantitative estimate of drug-likeness (QED) is 0.796. The molecule has 10 nitrogen and oxygen atoms in total. The first-order valence-corrected chi connectivity index (χ1v) is 8.93. The van der Waals surface area contributed by atoms with Crippen molar-refractivity contribution in [2.45, 2.75) is 44.1 Å². The molecule has 2 aromatic rings. The number of aliphatic carboxylic acids is 1. The van der Waals surface area contributed by atoms with Gasteiger partial charge in [0.05, 0.1) is 0 Å². The molecule has 0 spiro atoms. The molecular formula is C16H21N7O3. The first kappa shape index (κ1) is 16.7. The minimum atomic E-state index is -1.07. The summed E-state index contributed by atoms with van der Waals surface area (Å²) in [6.45, 7) is 1.36. The van der Waals surface area contributed by atoms with Crippen LogP contribution < -0.4 is 10.2 Å². The lowest BCUT2D eigenvalue weighted by Gasteiger charge is -2.34. The molecule has 1 amide bonds. The van der Waals surface area contributed by atoms with Crippen LogP contribution in [0.5, 0.6) is 0 Å². The molecule has 2 fully saturated rings. The van der Waals surface area contributed by atoms with Crippen molar-refractivity contribution in [2.24, 2.45) is 5.92 Å². The third kappa shape index (κ3) is 2.95. The molecule has 1 saturated heterocycles. The Bertz CT molecular complexity index is 822. The highest BCUT2D eigenvalue weighted by Crippen LogP contribution is 2.31. The average molecular weight is 359 g/mol. The van der Waals surface area contributed by atoms with Crippen molar-refractivity contribution in [2.75, 3.05) is 18.0 Å². The number of aromatic nitrogens is 5. The maximum absolute atomic E-state index is 12.6. The summed E-state index contributed by atoms with van der Waals surface area (Å²) >= 11 is 0. The number of rotatable bonds is 4. The van der Waals surface area contributed by atoms with Gasteiger partial charge in [-0.05, 0) is 48.2 Å². The van der Waals surface area contributed by atoms with Gasteiger partial charge in [0.1, 0.15) is 5.54 Å². The molecule has 10 heteroatoms. The van der Waals surface area contributed by atoms with E-state index in [9.17, 15) is 14.7 Å². The van der Waals surface area contributed by atoms with Gasteiger partial charge < -0.3 is 15.3 Å². The van der Waals surface area contributed by atoms with Crippen molar-refractivity contribution in [1.82, 2.24) is 30.6 Å². The molecule has 1 aliphatic carbocycles. The Morgan fingerprint density at radius 3 is 2.62 bits per heavy atom. The number of tetrazole rings is 1. The van der Waals surface area contributed by atoms with Crippen molar-refractivity contribution in [1.29, 1.82) is 0 Å². The summed E-state index contributed by atoms with van der Waals surface area (Å²) in [6.07, 6.45) is 4.05. The highest BCUT2D eigenvalue weighted by Gasteiger charge is 2.43. The Morgan fingerprint density at radius 2 is 1.92 bits per heavy atom. The molecule has 0 atom stereocenters. The summed E-state index contributed by atoms with van der Waals surface area (Å²) in [5, 5.41) is 27.9. The summed E-state index contributed by atoms with van der Waals surface area (Å²) < 4.78 is 1.38. The van der Waals surface area contributed by atoms with Gasteiger partial charge in [-0.15, -0.1) is 14.8 Å². The Balaban J connectivity index is 1.38. The smallest absolute Gasteiger partial charge is 0.329 e. The lowest BCUT2D eigenvalue weighted by Crippen LogP contribution is -2.55. The van der Waals surface area contributed by atoms with Crippen molar-refractivity contribution < 1.29 is 14.7 Å². The minimum absolute atomic E-state index is 0.141. The van der Waals surface area contributed by atoms with Crippen LogP contribution in [0.3, 0.4) is 0 Å². The lowest BCUT2D eigenvalue weighted by atomic mass is 9.92. The molecule has 0 aromatic carbocycles. The van der Waals surface area contributed by atoms with Crippen LogP contribution in [-0.4, -0.2) is 60.9 Å². The Labute approximate surface area is 149 Å². The van der Waals surface area contributed by atoms with Gasteiger partial charge in [0.25, 0.3) is 0 Å². The molecule has 0 radical (unpaired) electrons. The fourth-order valence-corrected chi connectivity index (χ4v) is 3.89. The minimum Gasteiger partial charge on any atom is -0.480 e. The number of amides is 1. The Kier molecular flexibility index (Phi) is 4.17. The predicted molar refractivity (Wildman–Crippen MR) is 90.5 cm³/mol. The molecule has 138 valence electrons. The van der Waals surface area contributed by atoms with Gasteiger partial charge >= 0.3 is 5.97 Å². The van der Waals surface area contributed by atoms with Crippen LogP contribution in [0.15, 0.2) is 12.1 Å². The maximum Gasteiger partial charge on any atom is 0.329 e. The number of carboxylic acid groups (broad SMARTS) is 1. The zero-order valence-corrected chi connectivity index (χ0v) is 14.3. The maximum atomic E-state index is 12.6. The summed E-state index contributed by atoms with van der Waals surface area (Å²) in [7, 11) is 0. The van der Waals surface area contributed by atoms with Crippen LogP contribution in [-0.2, 0) is 9.59 Å². The standard InChI is InChI=1S/C16H21N7O3/c24-14(17-16(15(25)26)7-1-2-8-16)11-5-9-22(10-6-11)13-4-3-12-18-20-21-23(12)19-13/h3-4,11H,1-2,5-10H2,(H,17,24)(H,25,26).